The zero-order valence-electron chi connectivity index (χ0n) is 18.5. The first-order valence-corrected chi connectivity index (χ1v) is 10.9. The van der Waals surface area contributed by atoms with Gasteiger partial charge in [-0.15, -0.1) is 0 Å². The number of aromatic nitrogens is 2. The number of cyclic esters (lactones) is 1. The second-order valence-corrected chi connectivity index (χ2v) is 8.56. The van der Waals surface area contributed by atoms with Gasteiger partial charge in [-0.2, -0.15) is 5.26 Å². The fourth-order valence-electron chi connectivity index (χ4n) is 4.50. The number of aliphatic hydroxyl groups is 1. The van der Waals surface area contributed by atoms with Crippen molar-refractivity contribution in [3.63, 3.8) is 0 Å². The number of anilines is 2. The van der Waals surface area contributed by atoms with Crippen LogP contribution in [0.2, 0.25) is 0 Å². The summed E-state index contributed by atoms with van der Waals surface area (Å²) in [6.07, 6.45) is 2.26. The van der Waals surface area contributed by atoms with Crippen LogP contribution in [0.25, 0.3) is 0 Å². The molecule has 1 unspecified atom stereocenters. The average molecular weight is 459 g/mol. The number of aryl methyl sites for hydroxylation is 1. The Morgan fingerprint density at radius 3 is 2.97 bits per heavy atom. The highest BCUT2D eigenvalue weighted by Gasteiger charge is 2.29. The van der Waals surface area contributed by atoms with E-state index in [9.17, 15) is 14.3 Å². The smallest absolute Gasteiger partial charge is 0.338 e. The summed E-state index contributed by atoms with van der Waals surface area (Å²) in [7, 11) is 0. The maximum Gasteiger partial charge on any atom is 0.338 e. The number of carbonyl (C=O) groups excluding carboxylic acids is 1. The van der Waals surface area contributed by atoms with Crippen LogP contribution in [-0.4, -0.2) is 38.6 Å². The quantitative estimate of drug-likeness (QED) is 0.560. The predicted octanol–water partition coefficient (Wildman–Crippen LogP) is 3.13. The minimum Gasteiger partial charge on any atom is -0.457 e. The number of benzene rings is 2. The number of nitriles is 1. The first-order valence-electron chi connectivity index (χ1n) is 10.9. The van der Waals surface area contributed by atoms with E-state index < -0.39 is 5.82 Å². The third-order valence-corrected chi connectivity index (χ3v) is 6.32. The van der Waals surface area contributed by atoms with Crippen LogP contribution >= 0.6 is 0 Å². The molecular weight excluding hydrogens is 437 g/mol. The standard InChI is InChI=1S/C25H22FN5O3/c1-14-4-15(5-20-21(14)13-34-24(20)33)10-31-11-17-9-28-25(30-23(17)7-19(31)12-32)29-18-3-2-16(8-27)22(26)6-18/h2-6,9,19,32H,7,10-13H2,1H3,(H,28,29,30). The third-order valence-electron chi connectivity index (χ3n) is 6.32. The fourth-order valence-corrected chi connectivity index (χ4v) is 4.50. The SMILES string of the molecule is Cc1cc(CN2Cc3cnc(Nc4ccc(C#N)c(F)c4)nc3CC2CO)cc2c1COC2=O. The highest BCUT2D eigenvalue weighted by molar-refractivity contribution is 5.94. The number of hydrogen-bond donors (Lipinski definition) is 2. The summed E-state index contributed by atoms with van der Waals surface area (Å²) in [6.45, 7) is 3.36. The Morgan fingerprint density at radius 2 is 2.21 bits per heavy atom. The van der Waals surface area contributed by atoms with Crippen LogP contribution in [-0.2, 0) is 30.9 Å². The topological polar surface area (TPSA) is 111 Å². The molecular formula is C25H22FN5O3. The average Bonchev–Trinajstić information content (AvgIpc) is 3.20. The van der Waals surface area contributed by atoms with E-state index in [0.29, 0.717) is 43.3 Å². The van der Waals surface area contributed by atoms with Gasteiger partial charge < -0.3 is 15.2 Å². The summed E-state index contributed by atoms with van der Waals surface area (Å²) in [5.41, 5.74) is 5.73. The highest BCUT2D eigenvalue weighted by Crippen LogP contribution is 2.29. The molecule has 0 amide bonds. The van der Waals surface area contributed by atoms with Gasteiger partial charge in [-0.1, -0.05) is 6.07 Å². The van der Waals surface area contributed by atoms with Crippen LogP contribution in [0, 0.1) is 24.1 Å². The van der Waals surface area contributed by atoms with Gasteiger partial charge in [-0.25, -0.2) is 19.2 Å². The second-order valence-electron chi connectivity index (χ2n) is 8.56. The van der Waals surface area contributed by atoms with Crippen LogP contribution in [0.1, 0.15) is 43.9 Å². The fraction of sp³-hybridized carbons (Fsp3) is 0.280. The Morgan fingerprint density at radius 1 is 1.35 bits per heavy atom. The molecule has 3 heterocycles. The van der Waals surface area contributed by atoms with Gasteiger partial charge in [0.25, 0.3) is 0 Å². The van der Waals surface area contributed by atoms with Crippen LogP contribution in [0.15, 0.2) is 36.5 Å². The summed E-state index contributed by atoms with van der Waals surface area (Å²) in [5, 5.41) is 21.9. The van der Waals surface area contributed by atoms with Crippen molar-refractivity contribution < 1.29 is 19.0 Å². The molecule has 2 aliphatic heterocycles. The van der Waals surface area contributed by atoms with E-state index in [1.807, 2.05) is 13.0 Å². The molecule has 3 aromatic rings. The molecule has 2 aromatic carbocycles. The lowest BCUT2D eigenvalue weighted by molar-refractivity contribution is 0.0534. The van der Waals surface area contributed by atoms with Crippen molar-refractivity contribution in [1.82, 2.24) is 14.9 Å². The molecule has 0 saturated carbocycles. The lowest BCUT2D eigenvalue weighted by Crippen LogP contribution is -2.42. The lowest BCUT2D eigenvalue weighted by Gasteiger charge is -2.35. The molecule has 0 saturated heterocycles. The zero-order valence-corrected chi connectivity index (χ0v) is 18.5. The van der Waals surface area contributed by atoms with Crippen molar-refractivity contribution in [2.75, 3.05) is 11.9 Å². The molecule has 9 heteroatoms. The minimum atomic E-state index is -0.614. The third kappa shape index (κ3) is 4.09. The summed E-state index contributed by atoms with van der Waals surface area (Å²) in [6, 6.07) is 9.80. The van der Waals surface area contributed by atoms with Gasteiger partial charge in [0, 0.05) is 48.6 Å². The molecule has 8 nitrogen and oxygen atoms in total. The largest absolute Gasteiger partial charge is 0.457 e. The number of nitrogens with one attached hydrogen (secondary N) is 1. The van der Waals surface area contributed by atoms with Gasteiger partial charge in [-0.05, 0) is 42.3 Å². The van der Waals surface area contributed by atoms with Gasteiger partial charge in [0.2, 0.25) is 5.95 Å². The first-order chi connectivity index (χ1) is 16.4. The second kappa shape index (κ2) is 8.82. The molecule has 0 radical (unpaired) electrons. The van der Waals surface area contributed by atoms with E-state index in [1.165, 1.54) is 12.1 Å². The van der Waals surface area contributed by atoms with Gasteiger partial charge in [0.15, 0.2) is 0 Å². The maximum absolute atomic E-state index is 13.9. The molecule has 1 aromatic heterocycles. The Hall–Kier alpha value is -3.87. The number of hydrogen-bond acceptors (Lipinski definition) is 8. The van der Waals surface area contributed by atoms with Crippen LogP contribution < -0.4 is 5.32 Å². The summed E-state index contributed by atoms with van der Waals surface area (Å²) in [4.78, 5) is 23.1. The van der Waals surface area contributed by atoms with E-state index in [1.54, 1.807) is 18.3 Å². The molecule has 0 fully saturated rings. The molecule has 1 atom stereocenters. The Kier molecular flexibility index (Phi) is 5.69. The van der Waals surface area contributed by atoms with Crippen LogP contribution in [0.3, 0.4) is 0 Å². The molecule has 34 heavy (non-hydrogen) atoms. The Balaban J connectivity index is 1.35. The number of nitrogens with zero attached hydrogens (tertiary/aromatic N) is 4. The number of halogens is 1. The molecule has 5 rings (SSSR count). The minimum absolute atomic E-state index is 0.0294. The molecule has 172 valence electrons. The molecule has 0 spiro atoms. The molecule has 0 aliphatic carbocycles. The monoisotopic (exact) mass is 459 g/mol. The number of rotatable bonds is 5. The summed E-state index contributed by atoms with van der Waals surface area (Å²) < 4.78 is 19.1. The van der Waals surface area contributed by atoms with Crippen molar-refractivity contribution >= 4 is 17.6 Å². The Labute approximate surface area is 195 Å². The van der Waals surface area contributed by atoms with E-state index >= 15 is 0 Å². The molecule has 0 bridgehead atoms. The van der Waals surface area contributed by atoms with E-state index in [0.717, 1.165) is 27.9 Å². The predicted molar refractivity (Wildman–Crippen MR) is 121 cm³/mol. The van der Waals surface area contributed by atoms with Gasteiger partial charge in [0.05, 0.1) is 23.4 Å². The summed E-state index contributed by atoms with van der Waals surface area (Å²) in [5.74, 6) is -0.588. The van der Waals surface area contributed by atoms with Crippen molar-refractivity contribution in [3.8, 4) is 6.07 Å². The lowest BCUT2D eigenvalue weighted by atomic mass is 9.97. The highest BCUT2D eigenvalue weighted by atomic mass is 19.1. The first kappa shape index (κ1) is 21.9. The van der Waals surface area contributed by atoms with Crippen LogP contribution in [0.4, 0.5) is 16.0 Å². The number of esters is 1. The number of ether oxygens (including phenoxy) is 1. The van der Waals surface area contributed by atoms with Crippen molar-refractivity contribution in [2.24, 2.45) is 0 Å². The normalized spacial score (nSPS) is 17.0. The van der Waals surface area contributed by atoms with Crippen LogP contribution in [0.5, 0.6) is 0 Å². The molecule has 2 N–H and O–H groups in total. The van der Waals surface area contributed by atoms with E-state index in [4.69, 9.17) is 10.00 Å². The Bertz CT molecular complexity index is 1340. The van der Waals surface area contributed by atoms with Crippen molar-refractivity contribution in [2.45, 2.75) is 39.1 Å². The van der Waals surface area contributed by atoms with Crippen molar-refractivity contribution in [1.29, 1.82) is 5.26 Å². The van der Waals surface area contributed by atoms with Gasteiger partial charge >= 0.3 is 5.97 Å². The molecule has 2 aliphatic rings. The number of fused-ring (bicyclic) bond motifs is 2. The van der Waals surface area contributed by atoms with E-state index in [-0.39, 0.29) is 24.2 Å². The number of carbonyl (C=O) groups is 1. The zero-order chi connectivity index (χ0) is 23.8. The van der Waals surface area contributed by atoms with E-state index in [2.05, 4.69) is 26.3 Å². The number of aliphatic hydroxyl groups excluding tert-OH is 1. The maximum atomic E-state index is 13.9. The summed E-state index contributed by atoms with van der Waals surface area (Å²) >= 11 is 0. The van der Waals surface area contributed by atoms with Gasteiger partial charge in [-0.3, -0.25) is 4.90 Å². The van der Waals surface area contributed by atoms with Gasteiger partial charge in [0.1, 0.15) is 18.5 Å². The van der Waals surface area contributed by atoms with Crippen molar-refractivity contribution in [3.05, 3.63) is 81.4 Å².